The molecule has 0 bridgehead atoms. The zero-order valence-corrected chi connectivity index (χ0v) is 20.6. The van der Waals surface area contributed by atoms with Crippen LogP contribution in [0.15, 0.2) is 40.5 Å². The minimum absolute atomic E-state index is 0.0952. The fourth-order valence-electron chi connectivity index (χ4n) is 3.06. The van der Waals surface area contributed by atoms with E-state index < -0.39 is 41.3 Å². The van der Waals surface area contributed by atoms with Gasteiger partial charge in [-0.2, -0.15) is 0 Å². The number of methoxy groups -OCH3 is 1. The fourth-order valence-corrected chi connectivity index (χ4v) is 4.61. The van der Waals surface area contributed by atoms with Crippen molar-refractivity contribution in [2.24, 2.45) is 0 Å². The second kappa shape index (κ2) is 11.5. The number of nitrogens with zero attached hydrogens (tertiary/aromatic N) is 1. The molecule has 2 rings (SSSR count). The summed E-state index contributed by atoms with van der Waals surface area (Å²) in [6, 6.07) is 3.16. The van der Waals surface area contributed by atoms with Crippen molar-refractivity contribution in [2.45, 2.75) is 51.2 Å². The SMILES string of the molecule is COC(=O)C=CCC[C@@H](c1cccc(F)c1F)[C@H](NC(=O)OC(C)(C)C)c1scnc1Br. The average Bonchev–Trinajstić information content (AvgIpc) is 3.13. The van der Waals surface area contributed by atoms with Crippen LogP contribution in [0.3, 0.4) is 0 Å². The molecule has 32 heavy (non-hydrogen) atoms. The van der Waals surface area contributed by atoms with Gasteiger partial charge in [0.2, 0.25) is 0 Å². The third-order valence-corrected chi connectivity index (χ3v) is 6.19. The molecule has 174 valence electrons. The second-order valence-electron chi connectivity index (χ2n) is 7.88. The quantitative estimate of drug-likeness (QED) is 0.332. The maximum absolute atomic E-state index is 14.8. The summed E-state index contributed by atoms with van der Waals surface area (Å²) in [6.07, 6.45) is 2.78. The predicted octanol–water partition coefficient (Wildman–Crippen LogP) is 6.04. The van der Waals surface area contributed by atoms with E-state index >= 15 is 0 Å². The summed E-state index contributed by atoms with van der Waals surface area (Å²) in [5.74, 6) is -3.19. The number of amides is 1. The fraction of sp³-hybridized carbons (Fsp3) is 0.409. The van der Waals surface area contributed by atoms with E-state index in [2.05, 4.69) is 31.0 Å². The van der Waals surface area contributed by atoms with Crippen LogP contribution in [0.1, 0.15) is 56.0 Å². The highest BCUT2D eigenvalue weighted by Gasteiger charge is 2.33. The van der Waals surface area contributed by atoms with Crippen molar-refractivity contribution < 1.29 is 27.8 Å². The van der Waals surface area contributed by atoms with Crippen molar-refractivity contribution in [1.82, 2.24) is 10.3 Å². The van der Waals surface area contributed by atoms with Crippen LogP contribution in [0.25, 0.3) is 0 Å². The molecule has 0 aliphatic rings. The van der Waals surface area contributed by atoms with E-state index in [9.17, 15) is 18.4 Å². The number of hydrogen-bond acceptors (Lipinski definition) is 6. The third kappa shape index (κ3) is 7.37. The molecule has 10 heteroatoms. The lowest BCUT2D eigenvalue weighted by Gasteiger charge is -2.29. The summed E-state index contributed by atoms with van der Waals surface area (Å²) < 4.78 is 39.3. The number of carbonyl (C=O) groups excluding carboxylic acids is 2. The smallest absolute Gasteiger partial charge is 0.408 e. The van der Waals surface area contributed by atoms with Gasteiger partial charge in [-0.25, -0.2) is 23.4 Å². The Bertz CT molecular complexity index is 975. The molecule has 0 radical (unpaired) electrons. The number of halogens is 3. The van der Waals surface area contributed by atoms with Gasteiger partial charge < -0.3 is 14.8 Å². The van der Waals surface area contributed by atoms with Gasteiger partial charge in [-0.05, 0) is 61.2 Å². The molecule has 0 aliphatic heterocycles. The average molecular weight is 531 g/mol. The van der Waals surface area contributed by atoms with Crippen LogP contribution < -0.4 is 5.32 Å². The van der Waals surface area contributed by atoms with E-state index in [0.29, 0.717) is 22.3 Å². The highest BCUT2D eigenvalue weighted by molar-refractivity contribution is 9.10. The second-order valence-corrected chi connectivity index (χ2v) is 9.52. The van der Waals surface area contributed by atoms with Crippen molar-refractivity contribution in [3.8, 4) is 0 Å². The van der Waals surface area contributed by atoms with E-state index in [1.165, 1.54) is 36.7 Å². The number of carbonyl (C=O) groups is 2. The monoisotopic (exact) mass is 530 g/mol. The molecule has 0 unspecified atom stereocenters. The standard InChI is InChI=1S/C22H25BrF2N2O4S/c1-22(2,3)31-21(29)27-18(19-20(23)26-12-32-19)14(8-5-6-11-16(28)30-4)13-9-7-10-15(24)17(13)25/h6-7,9-12,14,18H,5,8H2,1-4H3,(H,27,29)/t14-,18-/m0/s1. The molecular weight excluding hydrogens is 506 g/mol. The minimum Gasteiger partial charge on any atom is -0.466 e. The van der Waals surface area contributed by atoms with Gasteiger partial charge in [0.1, 0.15) is 10.2 Å². The zero-order valence-electron chi connectivity index (χ0n) is 18.2. The number of ether oxygens (including phenoxy) is 2. The molecule has 0 saturated heterocycles. The number of alkyl carbamates (subject to hydrolysis) is 1. The van der Waals surface area contributed by atoms with E-state index in [0.717, 1.165) is 6.07 Å². The molecule has 0 saturated carbocycles. The largest absolute Gasteiger partial charge is 0.466 e. The molecule has 1 heterocycles. The van der Waals surface area contributed by atoms with Gasteiger partial charge in [-0.15, -0.1) is 11.3 Å². The van der Waals surface area contributed by atoms with E-state index in [4.69, 9.17) is 4.74 Å². The van der Waals surface area contributed by atoms with Crippen LogP contribution in [-0.2, 0) is 14.3 Å². The summed E-state index contributed by atoms with van der Waals surface area (Å²) in [6.45, 7) is 5.18. The van der Waals surface area contributed by atoms with Gasteiger partial charge in [0.15, 0.2) is 11.6 Å². The first-order valence-electron chi connectivity index (χ1n) is 9.80. The van der Waals surface area contributed by atoms with E-state index in [1.54, 1.807) is 32.4 Å². The van der Waals surface area contributed by atoms with Crippen LogP contribution >= 0.6 is 27.3 Å². The Labute approximate surface area is 198 Å². The van der Waals surface area contributed by atoms with Crippen LogP contribution in [0.2, 0.25) is 0 Å². The first-order chi connectivity index (χ1) is 15.0. The molecule has 1 aromatic carbocycles. The van der Waals surface area contributed by atoms with Crippen LogP contribution in [-0.4, -0.2) is 29.8 Å². The lowest BCUT2D eigenvalue weighted by atomic mass is 9.86. The normalized spacial score (nSPS) is 13.6. The molecule has 1 N–H and O–H groups in total. The van der Waals surface area contributed by atoms with Crippen molar-refractivity contribution >= 4 is 39.3 Å². The predicted molar refractivity (Wildman–Crippen MR) is 121 cm³/mol. The lowest BCUT2D eigenvalue weighted by molar-refractivity contribution is -0.134. The van der Waals surface area contributed by atoms with Crippen LogP contribution in [0.5, 0.6) is 0 Å². The summed E-state index contributed by atoms with van der Waals surface area (Å²) in [5.41, 5.74) is 0.930. The Kier molecular flexibility index (Phi) is 9.33. The van der Waals surface area contributed by atoms with Gasteiger partial charge in [-0.1, -0.05) is 18.2 Å². The molecule has 0 aliphatic carbocycles. The number of hydrogen-bond donors (Lipinski definition) is 1. The summed E-state index contributed by atoms with van der Waals surface area (Å²) in [7, 11) is 1.26. The molecule has 0 spiro atoms. The highest BCUT2D eigenvalue weighted by atomic mass is 79.9. The maximum Gasteiger partial charge on any atom is 0.408 e. The Morgan fingerprint density at radius 1 is 1.31 bits per heavy atom. The van der Waals surface area contributed by atoms with Crippen molar-refractivity contribution in [2.75, 3.05) is 7.11 Å². The van der Waals surface area contributed by atoms with Crippen molar-refractivity contribution in [1.29, 1.82) is 0 Å². The topological polar surface area (TPSA) is 77.5 Å². The number of esters is 1. The Hall–Kier alpha value is -2.33. The Balaban J connectivity index is 2.46. The van der Waals surface area contributed by atoms with Gasteiger partial charge in [-0.3, -0.25) is 0 Å². The number of allylic oxidation sites excluding steroid dienone is 1. The van der Waals surface area contributed by atoms with Crippen LogP contribution in [0.4, 0.5) is 13.6 Å². The molecule has 2 aromatic rings. The van der Waals surface area contributed by atoms with Crippen molar-refractivity contribution in [3.63, 3.8) is 0 Å². The maximum atomic E-state index is 14.8. The molecule has 0 fully saturated rings. The number of rotatable bonds is 8. The molecule has 6 nitrogen and oxygen atoms in total. The first-order valence-corrected chi connectivity index (χ1v) is 11.5. The third-order valence-electron chi connectivity index (χ3n) is 4.39. The van der Waals surface area contributed by atoms with E-state index in [1.807, 2.05) is 0 Å². The van der Waals surface area contributed by atoms with Crippen LogP contribution in [0, 0.1) is 11.6 Å². The molecule has 1 amide bonds. The Morgan fingerprint density at radius 3 is 2.62 bits per heavy atom. The molecule has 2 atom stereocenters. The summed E-state index contributed by atoms with van der Waals surface area (Å²) >= 11 is 4.63. The highest BCUT2D eigenvalue weighted by Crippen LogP contribution is 2.41. The number of nitrogens with one attached hydrogen (secondary N) is 1. The lowest BCUT2D eigenvalue weighted by Crippen LogP contribution is -2.37. The molecule has 1 aromatic heterocycles. The van der Waals surface area contributed by atoms with Gasteiger partial charge >= 0.3 is 12.1 Å². The number of aromatic nitrogens is 1. The Morgan fingerprint density at radius 2 is 2.03 bits per heavy atom. The summed E-state index contributed by atoms with van der Waals surface area (Å²) in [4.78, 5) is 28.8. The first kappa shape index (κ1) is 25.9. The van der Waals surface area contributed by atoms with Gasteiger partial charge in [0.25, 0.3) is 0 Å². The van der Waals surface area contributed by atoms with Gasteiger partial charge in [0, 0.05) is 12.0 Å². The minimum atomic E-state index is -0.994. The zero-order chi connectivity index (χ0) is 23.9. The van der Waals surface area contributed by atoms with Gasteiger partial charge in [0.05, 0.1) is 23.5 Å². The number of benzene rings is 1. The molecular formula is C22H25BrF2N2O4S. The van der Waals surface area contributed by atoms with E-state index in [-0.39, 0.29) is 5.56 Å². The summed E-state index contributed by atoms with van der Waals surface area (Å²) in [5, 5.41) is 2.80. The van der Waals surface area contributed by atoms with Crippen molar-refractivity contribution in [3.05, 3.63) is 62.5 Å². The number of thiazole rings is 1.